The van der Waals surface area contributed by atoms with Gasteiger partial charge in [0.15, 0.2) is 11.7 Å². The number of amides is 1. The Balaban J connectivity index is 1.90. The predicted octanol–water partition coefficient (Wildman–Crippen LogP) is 5.79. The summed E-state index contributed by atoms with van der Waals surface area (Å²) in [6, 6.07) is 1.65. The summed E-state index contributed by atoms with van der Waals surface area (Å²) < 4.78 is 53.8. The number of alkyl halides is 3. The first-order valence-electron chi connectivity index (χ1n) is 10.8. The molecule has 1 amide bonds. The zero-order valence-electron chi connectivity index (χ0n) is 19.0. The average Bonchev–Trinajstić information content (AvgIpc) is 3.14. The van der Waals surface area contributed by atoms with Crippen molar-refractivity contribution in [2.24, 2.45) is 5.41 Å². The van der Waals surface area contributed by atoms with E-state index < -0.39 is 23.4 Å². The second-order valence-corrected chi connectivity index (χ2v) is 9.26. The molecule has 1 N–H and O–H groups in total. The molecule has 176 valence electrons. The third-order valence-electron chi connectivity index (χ3n) is 5.82. The molecule has 1 fully saturated rings. The number of carbonyl (C=O) groups is 1. The summed E-state index contributed by atoms with van der Waals surface area (Å²) in [5.74, 6) is -0.189. The first kappa shape index (κ1) is 25.5. The molecule has 2 unspecified atom stereocenters. The van der Waals surface area contributed by atoms with E-state index in [1.54, 1.807) is 26.3 Å². The van der Waals surface area contributed by atoms with E-state index in [1.807, 2.05) is 20.8 Å². The van der Waals surface area contributed by atoms with Gasteiger partial charge in [0.25, 0.3) is 5.91 Å². The largest absolute Gasteiger partial charge is 0.389 e. The molecule has 0 bridgehead atoms. The second-order valence-electron chi connectivity index (χ2n) is 9.26. The first-order valence-corrected chi connectivity index (χ1v) is 10.8. The maximum absolute atomic E-state index is 12.6. The quantitative estimate of drug-likeness (QED) is 0.363. The number of halogens is 3. The molecule has 1 saturated heterocycles. The van der Waals surface area contributed by atoms with E-state index in [-0.39, 0.29) is 37.0 Å². The van der Waals surface area contributed by atoms with Gasteiger partial charge in [-0.3, -0.25) is 10.1 Å². The Morgan fingerprint density at radius 1 is 1.32 bits per heavy atom. The molecule has 1 aliphatic rings. The number of nitrogens with one attached hydrogen (secondary N) is 1. The number of aromatic nitrogens is 1. The van der Waals surface area contributed by atoms with Crippen molar-refractivity contribution in [1.82, 2.24) is 5.16 Å². The van der Waals surface area contributed by atoms with Crippen molar-refractivity contribution in [2.75, 3.05) is 11.9 Å². The molecule has 2 rings (SSSR count). The number of anilines is 1. The van der Waals surface area contributed by atoms with Gasteiger partial charge in [-0.25, -0.2) is 0 Å². The fourth-order valence-corrected chi connectivity index (χ4v) is 3.19. The zero-order chi connectivity index (χ0) is 23.3. The van der Waals surface area contributed by atoms with Crippen LogP contribution in [0.1, 0.15) is 78.8 Å². The Morgan fingerprint density at radius 3 is 2.65 bits per heavy atom. The third kappa shape index (κ3) is 7.71. The van der Waals surface area contributed by atoms with Crippen LogP contribution in [0, 0.1) is 11.8 Å². The number of ether oxygens (including phenoxy) is 2. The maximum atomic E-state index is 12.6. The van der Waals surface area contributed by atoms with Gasteiger partial charge >= 0.3 is 6.18 Å². The highest BCUT2D eigenvalue weighted by Crippen LogP contribution is 2.33. The minimum absolute atomic E-state index is 0.0521. The molecule has 1 aromatic heterocycles. The van der Waals surface area contributed by atoms with Crippen LogP contribution in [-0.2, 0) is 19.7 Å². The van der Waals surface area contributed by atoms with Crippen molar-refractivity contribution in [2.45, 2.75) is 97.1 Å². The van der Waals surface area contributed by atoms with Crippen LogP contribution in [0.3, 0.4) is 0 Å². The van der Waals surface area contributed by atoms with Crippen molar-refractivity contribution in [3.05, 3.63) is 18.2 Å². The van der Waals surface area contributed by atoms with Crippen LogP contribution in [0.5, 0.6) is 0 Å². The maximum Gasteiger partial charge on any atom is 0.389 e. The number of nitrogens with zero attached hydrogens (tertiary/aromatic N) is 1. The van der Waals surface area contributed by atoms with Crippen LogP contribution in [0.15, 0.2) is 10.6 Å². The Morgan fingerprint density at radius 2 is 2.03 bits per heavy atom. The highest BCUT2D eigenvalue weighted by molar-refractivity contribution is 5.94. The van der Waals surface area contributed by atoms with Crippen LogP contribution < -0.4 is 5.32 Å². The van der Waals surface area contributed by atoms with Crippen LogP contribution in [-0.4, -0.2) is 36.2 Å². The molecule has 1 aromatic rings. The van der Waals surface area contributed by atoms with Crippen LogP contribution in [0.4, 0.5) is 19.1 Å². The van der Waals surface area contributed by atoms with Gasteiger partial charge in [-0.15, -0.1) is 0 Å². The SMILES string of the molecule is CC(OC1CCCCO1)C(C)(C)c1cc(NC(=O)C(C)(C)[CH+]CCCC(F)(F)F)on1. The molecule has 1 aliphatic heterocycles. The summed E-state index contributed by atoms with van der Waals surface area (Å²) in [5.41, 5.74) is -0.826. The van der Waals surface area contributed by atoms with E-state index in [4.69, 9.17) is 14.0 Å². The molecule has 0 aliphatic carbocycles. The molecular weight excluding hydrogens is 413 g/mol. The molecule has 2 heterocycles. The van der Waals surface area contributed by atoms with Crippen molar-refractivity contribution >= 4 is 11.8 Å². The second kappa shape index (κ2) is 10.3. The minimum Gasteiger partial charge on any atom is -0.353 e. The highest BCUT2D eigenvalue weighted by Gasteiger charge is 2.39. The van der Waals surface area contributed by atoms with Gasteiger partial charge in [0, 0.05) is 24.5 Å². The highest BCUT2D eigenvalue weighted by atomic mass is 19.4. The van der Waals surface area contributed by atoms with Crippen molar-refractivity contribution < 1.29 is 32.0 Å². The molecule has 0 aromatic carbocycles. The summed E-state index contributed by atoms with van der Waals surface area (Å²) in [6.45, 7) is 9.89. The van der Waals surface area contributed by atoms with Crippen molar-refractivity contribution in [3.63, 3.8) is 0 Å². The Labute approximate surface area is 182 Å². The Hall–Kier alpha value is -1.74. The lowest BCUT2D eigenvalue weighted by Crippen LogP contribution is -2.38. The molecule has 0 spiro atoms. The average molecular weight is 448 g/mol. The fourth-order valence-electron chi connectivity index (χ4n) is 3.19. The Kier molecular flexibility index (Phi) is 8.44. The van der Waals surface area contributed by atoms with Gasteiger partial charge in [0.05, 0.1) is 24.6 Å². The van der Waals surface area contributed by atoms with E-state index in [9.17, 15) is 18.0 Å². The van der Waals surface area contributed by atoms with E-state index in [0.717, 1.165) is 19.3 Å². The Bertz CT molecular complexity index is 710. The summed E-state index contributed by atoms with van der Waals surface area (Å²) in [6.07, 6.45) is -0.798. The minimum atomic E-state index is -4.19. The third-order valence-corrected chi connectivity index (χ3v) is 5.82. The van der Waals surface area contributed by atoms with E-state index in [1.165, 1.54) is 0 Å². The molecule has 0 saturated carbocycles. The summed E-state index contributed by atoms with van der Waals surface area (Å²) in [4.78, 5) is 12.6. The van der Waals surface area contributed by atoms with Gasteiger partial charge in [-0.2, -0.15) is 13.2 Å². The van der Waals surface area contributed by atoms with Gasteiger partial charge < -0.3 is 14.0 Å². The number of hydrogen-bond acceptors (Lipinski definition) is 5. The zero-order valence-corrected chi connectivity index (χ0v) is 19.0. The summed E-state index contributed by atoms with van der Waals surface area (Å²) >= 11 is 0. The molecule has 31 heavy (non-hydrogen) atoms. The lowest BCUT2D eigenvalue weighted by atomic mass is 9.83. The molecular formula is C22H34F3N2O4+. The monoisotopic (exact) mass is 447 g/mol. The van der Waals surface area contributed by atoms with Crippen molar-refractivity contribution in [3.8, 4) is 0 Å². The van der Waals surface area contributed by atoms with Gasteiger partial charge in [-0.1, -0.05) is 19.0 Å². The van der Waals surface area contributed by atoms with E-state index in [2.05, 4.69) is 10.5 Å². The van der Waals surface area contributed by atoms with E-state index in [0.29, 0.717) is 12.3 Å². The molecule has 9 heteroatoms. The molecule has 0 radical (unpaired) electrons. The lowest BCUT2D eigenvalue weighted by Gasteiger charge is -2.34. The summed E-state index contributed by atoms with van der Waals surface area (Å²) in [7, 11) is 0. The van der Waals surface area contributed by atoms with Crippen LogP contribution in [0.2, 0.25) is 0 Å². The smallest absolute Gasteiger partial charge is 0.353 e. The predicted molar refractivity (Wildman–Crippen MR) is 110 cm³/mol. The first-order chi connectivity index (χ1) is 14.3. The summed E-state index contributed by atoms with van der Waals surface area (Å²) in [5, 5.41) is 6.76. The van der Waals surface area contributed by atoms with E-state index >= 15 is 0 Å². The van der Waals surface area contributed by atoms with Gasteiger partial charge in [0.1, 0.15) is 0 Å². The standard InChI is InChI=1S/C22H33F3N2O4/c1-15(30-18-10-6-9-13-29-18)21(4,5)16-14-17(31-27-16)26-19(28)20(2,3)11-7-8-12-22(23,24)25/h11,14-15,18H,6-10,12-13H2,1-5H3/p+1. The lowest BCUT2D eigenvalue weighted by molar-refractivity contribution is -0.196. The van der Waals surface area contributed by atoms with Gasteiger partial charge in [-0.05, 0) is 46.5 Å². The van der Waals surface area contributed by atoms with Crippen molar-refractivity contribution in [1.29, 1.82) is 0 Å². The number of carbonyl (C=O) groups excluding carboxylic acids is 1. The van der Waals surface area contributed by atoms with Crippen LogP contribution in [0.25, 0.3) is 0 Å². The van der Waals surface area contributed by atoms with Crippen LogP contribution >= 0.6 is 0 Å². The molecule has 2 atom stereocenters. The molecule has 6 nitrogen and oxygen atoms in total. The topological polar surface area (TPSA) is 73.6 Å². The number of unbranched alkanes of at least 4 members (excludes halogenated alkanes) is 1. The number of hydrogen-bond donors (Lipinski definition) is 1. The normalized spacial score (nSPS) is 19.2. The van der Waals surface area contributed by atoms with Gasteiger partial charge in [0.2, 0.25) is 5.88 Å². The fraction of sp³-hybridized carbons (Fsp3) is 0.773. The number of rotatable bonds is 10.